The van der Waals surface area contributed by atoms with Crippen molar-refractivity contribution in [2.24, 2.45) is 0 Å². The van der Waals surface area contributed by atoms with Crippen LogP contribution in [0, 0.1) is 0 Å². The minimum absolute atomic E-state index is 0.475. The largest absolute Gasteiger partial charge is 0.490 e. The van der Waals surface area contributed by atoms with Gasteiger partial charge in [0.05, 0.1) is 6.20 Å². The number of hydrogen-bond acceptors (Lipinski definition) is 8. The van der Waals surface area contributed by atoms with Gasteiger partial charge in [-0.1, -0.05) is 23.7 Å². The molecular formula is C22H18ClF6N5O4S. The molecule has 39 heavy (non-hydrogen) atoms. The Morgan fingerprint density at radius 1 is 0.872 bits per heavy atom. The lowest BCUT2D eigenvalue weighted by Crippen LogP contribution is -2.21. The Balaban J connectivity index is 0.000000317. The van der Waals surface area contributed by atoms with Crippen molar-refractivity contribution < 1.29 is 46.1 Å². The normalized spacial score (nSPS) is 12.7. The van der Waals surface area contributed by atoms with E-state index in [0.29, 0.717) is 16.8 Å². The molecule has 1 aromatic heterocycles. The van der Waals surface area contributed by atoms with Crippen LogP contribution in [0.5, 0.6) is 0 Å². The number of alkyl halides is 6. The van der Waals surface area contributed by atoms with Crippen LogP contribution >= 0.6 is 23.4 Å². The summed E-state index contributed by atoms with van der Waals surface area (Å²) in [6.07, 6.45) is -8.57. The molecular weight excluding hydrogens is 580 g/mol. The van der Waals surface area contributed by atoms with Gasteiger partial charge in [-0.15, -0.1) is 11.8 Å². The maximum absolute atomic E-state index is 10.6. The van der Waals surface area contributed by atoms with E-state index >= 15 is 0 Å². The number of halogens is 7. The van der Waals surface area contributed by atoms with E-state index in [0.717, 1.165) is 29.4 Å². The van der Waals surface area contributed by atoms with Crippen LogP contribution in [0.25, 0.3) is 0 Å². The highest BCUT2D eigenvalue weighted by Crippen LogP contribution is 2.28. The average molecular weight is 598 g/mol. The molecule has 4 rings (SSSR count). The second-order valence-corrected chi connectivity index (χ2v) is 8.71. The zero-order valence-electron chi connectivity index (χ0n) is 19.3. The van der Waals surface area contributed by atoms with Gasteiger partial charge in [0.25, 0.3) is 0 Å². The molecule has 1 aliphatic heterocycles. The smallest absolute Gasteiger partial charge is 0.475 e. The fourth-order valence-corrected chi connectivity index (χ4v) is 3.48. The quantitative estimate of drug-likeness (QED) is 0.185. The number of thioether (sulfide) groups is 1. The fraction of sp³-hybridized carbons (Fsp3) is 0.182. The standard InChI is InChI=1S/C18H16ClN5S.2C2HF3O2/c19-16-11-21-18-23-13-4-1-3-12(9-13)20-7-8-25-15-6-2-5-14(10-15)22-17(16)24-18;2*3-2(4,5)1(6)7/h1-6,9-11,20H,7-8H2,(H2,21,22,23,24);2*(H,6,7). The molecule has 2 aromatic carbocycles. The van der Waals surface area contributed by atoms with Crippen molar-refractivity contribution in [1.29, 1.82) is 0 Å². The molecule has 0 atom stereocenters. The van der Waals surface area contributed by atoms with Crippen LogP contribution in [0.15, 0.2) is 59.6 Å². The summed E-state index contributed by atoms with van der Waals surface area (Å²) in [5.41, 5.74) is 2.92. The number of carbonyl (C=O) groups is 2. The van der Waals surface area contributed by atoms with E-state index in [1.807, 2.05) is 36.4 Å². The van der Waals surface area contributed by atoms with Crippen LogP contribution in [0.2, 0.25) is 5.02 Å². The first-order valence-corrected chi connectivity index (χ1v) is 11.7. The molecule has 1 aliphatic rings. The minimum atomic E-state index is -5.08. The van der Waals surface area contributed by atoms with E-state index in [1.165, 1.54) is 4.90 Å². The van der Waals surface area contributed by atoms with Crippen LogP contribution in [0.4, 0.5) is 55.2 Å². The van der Waals surface area contributed by atoms with E-state index in [-0.39, 0.29) is 0 Å². The first-order chi connectivity index (χ1) is 18.1. The molecule has 9 nitrogen and oxygen atoms in total. The number of nitrogens with zero attached hydrogens (tertiary/aromatic N) is 2. The number of carboxylic acids is 2. The number of aliphatic carboxylic acids is 2. The van der Waals surface area contributed by atoms with Crippen molar-refractivity contribution in [2.75, 3.05) is 28.2 Å². The summed E-state index contributed by atoms with van der Waals surface area (Å²) in [5, 5.41) is 24.7. The van der Waals surface area contributed by atoms with Crippen molar-refractivity contribution in [1.82, 2.24) is 9.97 Å². The lowest BCUT2D eigenvalue weighted by atomic mass is 10.3. The number of hydrogen-bond donors (Lipinski definition) is 5. The van der Waals surface area contributed by atoms with Gasteiger partial charge in [-0.05, 0) is 36.4 Å². The minimum Gasteiger partial charge on any atom is -0.475 e. The molecule has 0 fully saturated rings. The molecule has 17 heteroatoms. The van der Waals surface area contributed by atoms with Gasteiger partial charge in [0.1, 0.15) is 5.02 Å². The molecule has 0 amide bonds. The highest BCUT2D eigenvalue weighted by molar-refractivity contribution is 7.99. The number of aromatic nitrogens is 2. The Bertz CT molecular complexity index is 1270. The third kappa shape index (κ3) is 11.2. The van der Waals surface area contributed by atoms with Crippen LogP contribution in [0.1, 0.15) is 0 Å². The predicted octanol–water partition coefficient (Wildman–Crippen LogP) is 6.40. The van der Waals surface area contributed by atoms with Crippen molar-refractivity contribution in [3.63, 3.8) is 0 Å². The van der Waals surface area contributed by atoms with Crippen molar-refractivity contribution >= 4 is 64.1 Å². The summed E-state index contributed by atoms with van der Waals surface area (Å²) in [5.74, 6) is -3.48. The predicted molar refractivity (Wildman–Crippen MR) is 133 cm³/mol. The third-order valence-corrected chi connectivity index (χ3v) is 5.42. The molecule has 0 spiro atoms. The Morgan fingerprint density at radius 2 is 1.41 bits per heavy atom. The number of fused-ring (bicyclic) bond motifs is 6. The van der Waals surface area contributed by atoms with Crippen molar-refractivity contribution in [3.05, 3.63) is 59.8 Å². The molecule has 5 N–H and O–H groups in total. The second-order valence-electron chi connectivity index (χ2n) is 7.13. The zero-order chi connectivity index (χ0) is 29.2. The first-order valence-electron chi connectivity index (χ1n) is 10.4. The summed E-state index contributed by atoms with van der Waals surface area (Å²) in [6.45, 7) is 0.877. The van der Waals surface area contributed by atoms with Gasteiger partial charge in [0.2, 0.25) is 5.95 Å². The summed E-state index contributed by atoms with van der Waals surface area (Å²) < 4.78 is 63.5. The number of carboxylic acid groups (broad SMARTS) is 2. The fourth-order valence-electron chi connectivity index (χ4n) is 2.52. The molecule has 0 saturated heterocycles. The van der Waals surface area contributed by atoms with E-state index in [4.69, 9.17) is 31.4 Å². The summed E-state index contributed by atoms with van der Waals surface area (Å²) in [6, 6.07) is 16.3. The average Bonchev–Trinajstić information content (AvgIpc) is 2.84. The lowest BCUT2D eigenvalue weighted by molar-refractivity contribution is -0.193. The maximum atomic E-state index is 10.6. The van der Waals surface area contributed by atoms with Crippen LogP contribution in [-0.4, -0.2) is 56.8 Å². The summed E-state index contributed by atoms with van der Waals surface area (Å²) in [4.78, 5) is 27.7. The second kappa shape index (κ2) is 13.7. The molecule has 0 unspecified atom stereocenters. The first kappa shape index (κ1) is 31.3. The number of nitrogens with one attached hydrogen (secondary N) is 3. The van der Waals surface area contributed by atoms with Gasteiger partial charge in [-0.2, -0.15) is 31.3 Å². The molecule has 6 bridgehead atoms. The molecule has 0 radical (unpaired) electrons. The zero-order valence-corrected chi connectivity index (χ0v) is 20.8. The summed E-state index contributed by atoms with van der Waals surface area (Å²) >= 11 is 8.06. The van der Waals surface area contributed by atoms with Gasteiger partial charge < -0.3 is 26.2 Å². The number of benzene rings is 2. The number of anilines is 5. The van der Waals surface area contributed by atoms with Crippen LogP contribution in [-0.2, 0) is 9.59 Å². The summed E-state index contributed by atoms with van der Waals surface area (Å²) in [7, 11) is 0. The van der Waals surface area contributed by atoms with E-state index in [9.17, 15) is 26.3 Å². The van der Waals surface area contributed by atoms with Gasteiger partial charge in [0, 0.05) is 34.3 Å². The highest BCUT2D eigenvalue weighted by atomic mass is 35.5. The van der Waals surface area contributed by atoms with Gasteiger partial charge in [-0.3, -0.25) is 0 Å². The van der Waals surface area contributed by atoms with Gasteiger partial charge in [0.15, 0.2) is 5.82 Å². The Kier molecular flexibility index (Phi) is 11.0. The molecule has 3 aromatic rings. The van der Waals surface area contributed by atoms with Crippen LogP contribution < -0.4 is 16.0 Å². The highest BCUT2D eigenvalue weighted by Gasteiger charge is 2.38. The van der Waals surface area contributed by atoms with Gasteiger partial charge in [-0.25, -0.2) is 14.6 Å². The molecule has 0 aliphatic carbocycles. The molecule has 0 saturated carbocycles. The number of rotatable bonds is 0. The monoisotopic (exact) mass is 597 g/mol. The van der Waals surface area contributed by atoms with Crippen molar-refractivity contribution in [3.8, 4) is 0 Å². The maximum Gasteiger partial charge on any atom is 0.490 e. The van der Waals surface area contributed by atoms with Crippen LogP contribution in [0.3, 0.4) is 0 Å². The third-order valence-electron chi connectivity index (χ3n) is 4.14. The Morgan fingerprint density at radius 3 is 2.00 bits per heavy atom. The van der Waals surface area contributed by atoms with E-state index in [1.54, 1.807) is 18.0 Å². The molecule has 210 valence electrons. The Labute approximate surface area is 225 Å². The van der Waals surface area contributed by atoms with E-state index in [2.05, 4.69) is 38.1 Å². The molecule has 2 heterocycles. The van der Waals surface area contributed by atoms with Gasteiger partial charge >= 0.3 is 24.3 Å². The SMILES string of the molecule is Clc1cnc2nc1Nc1cccc(c1)SCCNc1cccc(c1)N2.O=C(O)C(F)(F)F.O=C(O)C(F)(F)F. The topological polar surface area (TPSA) is 136 Å². The Hall–Kier alpha value is -3.92. The van der Waals surface area contributed by atoms with Crippen molar-refractivity contribution in [2.45, 2.75) is 17.2 Å². The van der Waals surface area contributed by atoms with E-state index < -0.39 is 24.3 Å². The lowest BCUT2D eigenvalue weighted by Gasteiger charge is -2.11.